The predicted octanol–water partition coefficient (Wildman–Crippen LogP) is 1.65. The fraction of sp³-hybridized carbons (Fsp3) is 0.600. The molecule has 0 heterocycles. The lowest BCUT2D eigenvalue weighted by atomic mass is 9.96. The van der Waals surface area contributed by atoms with E-state index < -0.39 is 0 Å². The summed E-state index contributed by atoms with van der Waals surface area (Å²) in [6, 6.07) is 7.40. The normalized spacial score (nSPS) is 17.2. The third-order valence-electron chi connectivity index (χ3n) is 5.03. The summed E-state index contributed by atoms with van der Waals surface area (Å²) in [5.74, 6) is 0.598. The molecule has 1 aromatic rings. The maximum Gasteiger partial charge on any atom is 0.321 e. The summed E-state index contributed by atoms with van der Waals surface area (Å²) in [6.45, 7) is 5.14. The van der Waals surface area contributed by atoms with Crippen LogP contribution in [0.3, 0.4) is 0 Å². The molecule has 1 aliphatic carbocycles. The van der Waals surface area contributed by atoms with Crippen LogP contribution in [0.15, 0.2) is 24.3 Å². The molecule has 26 heavy (non-hydrogen) atoms. The lowest BCUT2D eigenvalue weighted by Gasteiger charge is -2.24. The quantitative estimate of drug-likeness (QED) is 0.691. The largest absolute Gasteiger partial charge is 0.494 e. The van der Waals surface area contributed by atoms with Crippen molar-refractivity contribution in [1.29, 1.82) is 0 Å². The number of carbonyl (C=O) groups is 2. The number of quaternary nitrogens is 1. The number of hydrogen-bond donors (Lipinski definition) is 3. The van der Waals surface area contributed by atoms with E-state index in [1.807, 2.05) is 45.2 Å². The van der Waals surface area contributed by atoms with Gasteiger partial charge in [-0.15, -0.1) is 0 Å². The molecule has 0 aliphatic heterocycles. The lowest BCUT2D eigenvalue weighted by Crippen LogP contribution is -3.12. The van der Waals surface area contributed by atoms with Gasteiger partial charge in [0.05, 0.1) is 13.7 Å². The molecule has 6 nitrogen and oxygen atoms in total. The third-order valence-corrected chi connectivity index (χ3v) is 5.03. The minimum Gasteiger partial charge on any atom is -0.494 e. The number of hydrogen-bond acceptors (Lipinski definition) is 3. The third kappa shape index (κ3) is 6.33. The molecule has 1 fully saturated rings. The van der Waals surface area contributed by atoms with E-state index in [9.17, 15) is 9.59 Å². The molecule has 0 spiro atoms. The second-order valence-corrected chi connectivity index (χ2v) is 7.12. The lowest BCUT2D eigenvalue weighted by molar-refractivity contribution is -0.908. The van der Waals surface area contributed by atoms with Gasteiger partial charge < -0.3 is 15.0 Å². The average Bonchev–Trinajstić information content (AvgIpc) is 2.63. The van der Waals surface area contributed by atoms with Crippen molar-refractivity contribution in [2.24, 2.45) is 0 Å². The molecule has 3 N–H and O–H groups in total. The number of rotatable bonds is 7. The molecule has 3 amide bonds. The number of carbonyl (C=O) groups excluding carboxylic acids is 2. The molecule has 0 radical (unpaired) electrons. The molecule has 1 aromatic carbocycles. The molecule has 1 unspecified atom stereocenters. The molecule has 0 aromatic heterocycles. The second-order valence-electron chi connectivity index (χ2n) is 7.12. The van der Waals surface area contributed by atoms with Crippen molar-refractivity contribution in [3.05, 3.63) is 29.8 Å². The van der Waals surface area contributed by atoms with Crippen molar-refractivity contribution in [2.45, 2.75) is 64.6 Å². The Bertz CT molecular complexity index is 582. The molecular formula is C20H32N3O3+. The highest BCUT2D eigenvalue weighted by atomic mass is 16.5. The summed E-state index contributed by atoms with van der Waals surface area (Å²) in [5.41, 5.74) is 1.12. The Morgan fingerprint density at radius 1 is 1.19 bits per heavy atom. The molecule has 1 saturated carbocycles. The van der Waals surface area contributed by atoms with E-state index >= 15 is 0 Å². The number of urea groups is 1. The van der Waals surface area contributed by atoms with Gasteiger partial charge in [-0.1, -0.05) is 19.3 Å². The highest BCUT2D eigenvalue weighted by Crippen LogP contribution is 2.17. The van der Waals surface area contributed by atoms with E-state index in [4.69, 9.17) is 4.74 Å². The number of nitrogens with one attached hydrogen (secondary N) is 3. The first kappa shape index (κ1) is 20.2. The van der Waals surface area contributed by atoms with Gasteiger partial charge in [-0.2, -0.15) is 0 Å². The van der Waals surface area contributed by atoms with Crippen LogP contribution in [0.5, 0.6) is 5.75 Å². The first-order chi connectivity index (χ1) is 12.5. The first-order valence-corrected chi connectivity index (χ1v) is 9.65. The number of amides is 3. The Labute approximate surface area is 156 Å². The van der Waals surface area contributed by atoms with Crippen molar-refractivity contribution in [3.8, 4) is 5.75 Å². The van der Waals surface area contributed by atoms with Gasteiger partial charge in [0.1, 0.15) is 12.3 Å². The number of likely N-dealkylation sites (N-methyl/N-ethyl adjacent to an activating group) is 1. The Hall–Kier alpha value is -2.08. The highest BCUT2D eigenvalue weighted by molar-refractivity contribution is 5.96. The van der Waals surface area contributed by atoms with Crippen molar-refractivity contribution in [3.63, 3.8) is 0 Å². The summed E-state index contributed by atoms with van der Waals surface area (Å²) in [4.78, 5) is 25.4. The number of benzene rings is 1. The molecule has 1 aliphatic rings. The highest BCUT2D eigenvalue weighted by Gasteiger charge is 2.25. The zero-order chi connectivity index (χ0) is 18.9. The molecule has 144 valence electrons. The zero-order valence-electron chi connectivity index (χ0n) is 16.1. The minimum atomic E-state index is -0.373. The van der Waals surface area contributed by atoms with E-state index in [2.05, 4.69) is 10.6 Å². The number of imide groups is 1. The van der Waals surface area contributed by atoms with Crippen LogP contribution in [0.2, 0.25) is 0 Å². The SMILES string of the molecule is CCOc1ccc(C[NH+](C)[C@H](C)C(=O)NC(=O)NC2CCCCC2)cc1. The van der Waals surface area contributed by atoms with Crippen molar-refractivity contribution in [2.75, 3.05) is 13.7 Å². The van der Waals surface area contributed by atoms with E-state index in [0.717, 1.165) is 41.9 Å². The summed E-state index contributed by atoms with van der Waals surface area (Å²) in [5, 5.41) is 5.41. The van der Waals surface area contributed by atoms with Crippen LogP contribution in [0.25, 0.3) is 0 Å². The van der Waals surface area contributed by atoms with Crippen LogP contribution in [0.4, 0.5) is 4.79 Å². The van der Waals surface area contributed by atoms with Crippen LogP contribution < -0.4 is 20.3 Å². The van der Waals surface area contributed by atoms with Crippen LogP contribution in [0, 0.1) is 0 Å². The van der Waals surface area contributed by atoms with Crippen molar-refractivity contribution in [1.82, 2.24) is 10.6 Å². The van der Waals surface area contributed by atoms with Crippen LogP contribution in [0.1, 0.15) is 51.5 Å². The summed E-state index contributed by atoms with van der Waals surface area (Å²) in [7, 11) is 1.96. The molecule has 0 saturated heterocycles. The van der Waals surface area contributed by atoms with Gasteiger partial charge in [0.25, 0.3) is 5.91 Å². The first-order valence-electron chi connectivity index (χ1n) is 9.65. The molecule has 2 rings (SSSR count). The van der Waals surface area contributed by atoms with E-state index in [-0.39, 0.29) is 24.0 Å². The van der Waals surface area contributed by atoms with Gasteiger partial charge in [-0.05, 0) is 51.0 Å². The summed E-state index contributed by atoms with van der Waals surface area (Å²) >= 11 is 0. The van der Waals surface area contributed by atoms with E-state index in [1.165, 1.54) is 6.42 Å². The molecular weight excluding hydrogens is 330 g/mol. The van der Waals surface area contributed by atoms with Crippen molar-refractivity contribution >= 4 is 11.9 Å². The molecule has 2 atom stereocenters. The predicted molar refractivity (Wildman–Crippen MR) is 101 cm³/mol. The van der Waals surface area contributed by atoms with Crippen LogP contribution in [-0.2, 0) is 11.3 Å². The van der Waals surface area contributed by atoms with E-state index in [0.29, 0.717) is 13.2 Å². The standard InChI is InChI=1S/C20H31N3O3/c1-4-26-18-12-10-16(11-13-18)14-23(3)15(2)19(24)22-20(25)21-17-8-6-5-7-9-17/h10-13,15,17H,4-9,14H2,1-3H3,(H2,21,22,24,25)/p+1/t15-/m1/s1. The summed E-state index contributed by atoms with van der Waals surface area (Å²) < 4.78 is 5.44. The molecule has 0 bridgehead atoms. The van der Waals surface area contributed by atoms with Gasteiger partial charge in [0.15, 0.2) is 6.04 Å². The Kier molecular flexibility index (Phi) is 7.91. The molecule has 6 heteroatoms. The van der Waals surface area contributed by atoms with Gasteiger partial charge >= 0.3 is 6.03 Å². The number of ether oxygens (including phenoxy) is 1. The fourth-order valence-electron chi connectivity index (χ4n) is 3.26. The van der Waals surface area contributed by atoms with Gasteiger partial charge in [0, 0.05) is 11.6 Å². The smallest absolute Gasteiger partial charge is 0.321 e. The maximum atomic E-state index is 12.4. The van der Waals surface area contributed by atoms with Gasteiger partial charge in [0.2, 0.25) is 0 Å². The topological polar surface area (TPSA) is 71.9 Å². The minimum absolute atomic E-state index is 0.195. The Balaban J connectivity index is 1.79. The van der Waals surface area contributed by atoms with Gasteiger partial charge in [-0.3, -0.25) is 10.1 Å². The summed E-state index contributed by atoms with van der Waals surface area (Å²) in [6.07, 6.45) is 5.52. The fourth-order valence-corrected chi connectivity index (χ4v) is 3.26. The van der Waals surface area contributed by atoms with Crippen molar-refractivity contribution < 1.29 is 19.2 Å². The second kappa shape index (κ2) is 10.2. The van der Waals surface area contributed by atoms with Crippen LogP contribution in [-0.4, -0.2) is 37.7 Å². The Morgan fingerprint density at radius 2 is 1.85 bits per heavy atom. The van der Waals surface area contributed by atoms with Gasteiger partial charge in [-0.25, -0.2) is 4.79 Å². The maximum absolute atomic E-state index is 12.4. The van der Waals surface area contributed by atoms with E-state index in [1.54, 1.807) is 0 Å². The Morgan fingerprint density at radius 3 is 2.46 bits per heavy atom. The zero-order valence-corrected chi connectivity index (χ0v) is 16.1. The van der Waals surface area contributed by atoms with Crippen LogP contribution >= 0.6 is 0 Å². The average molecular weight is 362 g/mol. The monoisotopic (exact) mass is 362 g/mol.